The lowest BCUT2D eigenvalue weighted by Gasteiger charge is -2.30. The van der Waals surface area contributed by atoms with Crippen LogP contribution >= 0.6 is 0 Å². The third-order valence-electron chi connectivity index (χ3n) is 7.15. The molecule has 0 spiro atoms. The number of aromatic nitrogens is 4. The summed E-state index contributed by atoms with van der Waals surface area (Å²) < 4.78 is 42.1. The van der Waals surface area contributed by atoms with E-state index >= 15 is 0 Å². The van der Waals surface area contributed by atoms with Crippen molar-refractivity contribution in [1.29, 1.82) is 0 Å². The third-order valence-corrected chi connectivity index (χ3v) is 7.15. The summed E-state index contributed by atoms with van der Waals surface area (Å²) in [6.45, 7) is 1.49. The lowest BCUT2D eigenvalue weighted by molar-refractivity contribution is -0.154. The summed E-state index contributed by atoms with van der Waals surface area (Å²) in [5.74, 6) is 1.45. The van der Waals surface area contributed by atoms with Gasteiger partial charge in [0.15, 0.2) is 6.61 Å². The predicted molar refractivity (Wildman–Crippen MR) is 124 cm³/mol. The van der Waals surface area contributed by atoms with Crippen LogP contribution < -0.4 is 4.74 Å². The van der Waals surface area contributed by atoms with E-state index in [-0.39, 0.29) is 11.7 Å². The van der Waals surface area contributed by atoms with Crippen LogP contribution in [0.3, 0.4) is 0 Å². The quantitative estimate of drug-likeness (QED) is 0.527. The number of fused-ring (bicyclic) bond motifs is 1. The Morgan fingerprint density at radius 3 is 2.57 bits per heavy atom. The SMILES string of the molecule is Cn1ncc(CC(=O)CC2CCC(CCN3CCc4ccc(OCC(F)(F)F)nc4CC3)CC2)n1. The van der Waals surface area contributed by atoms with Crippen molar-refractivity contribution < 1.29 is 22.7 Å². The molecule has 10 heteroatoms. The second-order valence-electron chi connectivity index (χ2n) is 9.92. The zero-order valence-corrected chi connectivity index (χ0v) is 20.3. The molecule has 1 fully saturated rings. The normalized spacial score (nSPS) is 21.4. The van der Waals surface area contributed by atoms with Crippen LogP contribution in [-0.4, -0.2) is 63.1 Å². The number of carbonyl (C=O) groups is 1. The molecule has 0 N–H and O–H groups in total. The van der Waals surface area contributed by atoms with E-state index < -0.39 is 12.8 Å². The molecule has 1 saturated carbocycles. The van der Waals surface area contributed by atoms with Crippen molar-refractivity contribution in [2.24, 2.45) is 18.9 Å². The Labute approximate surface area is 204 Å². The molecule has 2 aliphatic rings. The number of Topliss-reactive ketones (excluding diaryl/α,β-unsaturated/α-hetero) is 1. The van der Waals surface area contributed by atoms with Crippen molar-refractivity contribution in [3.63, 3.8) is 0 Å². The molecule has 0 atom stereocenters. The lowest BCUT2D eigenvalue weighted by atomic mass is 9.78. The molecule has 0 unspecified atom stereocenters. The first-order chi connectivity index (χ1) is 16.7. The van der Waals surface area contributed by atoms with Crippen LogP contribution in [-0.2, 0) is 31.1 Å². The van der Waals surface area contributed by atoms with Gasteiger partial charge in [-0.2, -0.15) is 28.2 Å². The molecule has 192 valence electrons. The molecule has 0 bridgehead atoms. The molecule has 4 rings (SSSR count). The summed E-state index contributed by atoms with van der Waals surface area (Å²) in [7, 11) is 1.75. The van der Waals surface area contributed by atoms with Gasteiger partial charge in [-0.3, -0.25) is 4.79 Å². The van der Waals surface area contributed by atoms with Gasteiger partial charge in [-0.1, -0.05) is 18.9 Å². The number of aryl methyl sites for hydroxylation is 1. The summed E-state index contributed by atoms with van der Waals surface area (Å²) >= 11 is 0. The Hall–Kier alpha value is -2.49. The number of alkyl halides is 3. The molecule has 2 aromatic heterocycles. The average Bonchev–Trinajstić information content (AvgIpc) is 3.10. The minimum absolute atomic E-state index is 0.0430. The third kappa shape index (κ3) is 8.02. The largest absolute Gasteiger partial charge is 0.468 e. The van der Waals surface area contributed by atoms with Crippen molar-refractivity contribution in [2.75, 3.05) is 26.2 Å². The molecule has 0 radical (unpaired) electrons. The van der Waals surface area contributed by atoms with Crippen LogP contribution in [0.5, 0.6) is 5.88 Å². The van der Waals surface area contributed by atoms with Gasteiger partial charge in [0.1, 0.15) is 5.78 Å². The van der Waals surface area contributed by atoms with Crippen molar-refractivity contribution in [1.82, 2.24) is 24.9 Å². The standard InChI is InChI=1S/C25H34F3N5O2/c1-32-29-16-21(31-32)15-22(34)14-19-4-2-18(3-5-19)8-11-33-12-9-20-6-7-24(30-23(20)10-13-33)35-17-25(26,27)28/h6-7,16,18-19H,2-5,8-15,17H2,1H3. The zero-order chi connectivity index (χ0) is 24.8. The smallest absolute Gasteiger partial charge is 0.422 e. The fourth-order valence-electron chi connectivity index (χ4n) is 5.22. The highest BCUT2D eigenvalue weighted by atomic mass is 19.4. The molecule has 35 heavy (non-hydrogen) atoms. The van der Waals surface area contributed by atoms with E-state index in [1.54, 1.807) is 13.2 Å². The number of halogens is 3. The maximum atomic E-state index is 12.4. The summed E-state index contributed by atoms with van der Waals surface area (Å²) in [5.41, 5.74) is 2.68. The minimum atomic E-state index is -4.36. The van der Waals surface area contributed by atoms with Crippen molar-refractivity contribution in [3.05, 3.63) is 35.3 Å². The van der Waals surface area contributed by atoms with Crippen LogP contribution in [0.25, 0.3) is 0 Å². The fourth-order valence-corrected chi connectivity index (χ4v) is 5.22. The Balaban J connectivity index is 1.16. The lowest BCUT2D eigenvalue weighted by Crippen LogP contribution is -2.29. The second-order valence-corrected chi connectivity index (χ2v) is 9.92. The first-order valence-electron chi connectivity index (χ1n) is 12.5. The predicted octanol–water partition coefficient (Wildman–Crippen LogP) is 3.95. The maximum Gasteiger partial charge on any atom is 0.422 e. The number of rotatable bonds is 9. The second kappa shape index (κ2) is 11.5. The number of nitrogens with zero attached hydrogens (tertiary/aromatic N) is 5. The highest BCUT2D eigenvalue weighted by Crippen LogP contribution is 2.33. The number of pyridine rings is 1. The Morgan fingerprint density at radius 2 is 1.86 bits per heavy atom. The van der Waals surface area contributed by atoms with E-state index in [4.69, 9.17) is 4.74 Å². The molecule has 1 aliphatic heterocycles. The van der Waals surface area contributed by atoms with Gasteiger partial charge in [0.05, 0.1) is 18.3 Å². The van der Waals surface area contributed by atoms with Gasteiger partial charge in [0.25, 0.3) is 0 Å². The molecule has 0 saturated heterocycles. The number of ketones is 1. The van der Waals surface area contributed by atoms with Gasteiger partial charge in [-0.15, -0.1) is 0 Å². The van der Waals surface area contributed by atoms with E-state index in [0.29, 0.717) is 24.7 Å². The van der Waals surface area contributed by atoms with E-state index in [1.165, 1.54) is 23.7 Å². The van der Waals surface area contributed by atoms with Gasteiger partial charge < -0.3 is 9.64 Å². The zero-order valence-electron chi connectivity index (χ0n) is 20.3. The molecule has 2 aromatic rings. The highest BCUT2D eigenvalue weighted by molar-refractivity contribution is 5.80. The van der Waals surface area contributed by atoms with Gasteiger partial charge in [0.2, 0.25) is 5.88 Å². The Bertz CT molecular complexity index is 986. The summed E-state index contributed by atoms with van der Waals surface area (Å²) in [4.78, 5) is 20.6. The molecule has 7 nitrogen and oxygen atoms in total. The molecular formula is C25H34F3N5O2. The monoisotopic (exact) mass is 493 g/mol. The average molecular weight is 494 g/mol. The number of hydrogen-bond donors (Lipinski definition) is 0. The molecule has 0 amide bonds. The van der Waals surface area contributed by atoms with Crippen molar-refractivity contribution in [2.45, 2.75) is 64.0 Å². The van der Waals surface area contributed by atoms with E-state index in [9.17, 15) is 18.0 Å². The minimum Gasteiger partial charge on any atom is -0.468 e. The van der Waals surface area contributed by atoms with Crippen molar-refractivity contribution >= 4 is 5.78 Å². The molecule has 1 aliphatic carbocycles. The maximum absolute atomic E-state index is 12.4. The van der Waals surface area contributed by atoms with Crippen LogP contribution in [0, 0.1) is 11.8 Å². The number of hydrogen-bond acceptors (Lipinski definition) is 6. The molecular weight excluding hydrogens is 459 g/mol. The Kier molecular flexibility index (Phi) is 8.41. The van der Waals surface area contributed by atoms with Crippen LogP contribution in [0.2, 0.25) is 0 Å². The van der Waals surface area contributed by atoms with E-state index in [2.05, 4.69) is 20.1 Å². The number of carbonyl (C=O) groups excluding carboxylic acids is 1. The fraction of sp³-hybridized carbons (Fsp3) is 0.680. The topological polar surface area (TPSA) is 73.1 Å². The van der Waals surface area contributed by atoms with Crippen LogP contribution in [0.15, 0.2) is 18.3 Å². The first kappa shape index (κ1) is 25.6. The van der Waals surface area contributed by atoms with Gasteiger partial charge >= 0.3 is 6.18 Å². The summed E-state index contributed by atoms with van der Waals surface area (Å²) in [6, 6.07) is 3.39. The van der Waals surface area contributed by atoms with Crippen LogP contribution in [0.4, 0.5) is 13.2 Å². The summed E-state index contributed by atoms with van der Waals surface area (Å²) in [6.07, 6.45) is 5.55. The van der Waals surface area contributed by atoms with Gasteiger partial charge in [-0.05, 0) is 49.6 Å². The molecule has 3 heterocycles. The molecule has 0 aromatic carbocycles. The summed E-state index contributed by atoms with van der Waals surface area (Å²) in [5, 5.41) is 8.22. The van der Waals surface area contributed by atoms with Crippen molar-refractivity contribution in [3.8, 4) is 5.88 Å². The van der Waals surface area contributed by atoms with Gasteiger partial charge in [0, 0.05) is 44.7 Å². The van der Waals surface area contributed by atoms with Crippen LogP contribution in [0.1, 0.15) is 55.5 Å². The highest BCUT2D eigenvalue weighted by Gasteiger charge is 2.29. The number of ether oxygens (including phenoxy) is 1. The van der Waals surface area contributed by atoms with Gasteiger partial charge in [-0.25, -0.2) is 4.98 Å². The van der Waals surface area contributed by atoms with E-state index in [0.717, 1.165) is 68.7 Å². The Morgan fingerprint density at radius 1 is 1.11 bits per heavy atom. The first-order valence-corrected chi connectivity index (χ1v) is 12.5. The van der Waals surface area contributed by atoms with E-state index in [1.807, 2.05) is 6.07 Å².